The largest absolute Gasteiger partial charge is 0.457 e. The van der Waals surface area contributed by atoms with Crippen molar-refractivity contribution in [3.8, 4) is 50.7 Å². The van der Waals surface area contributed by atoms with Crippen molar-refractivity contribution < 1.29 is 31.1 Å². The highest BCUT2D eigenvalue weighted by molar-refractivity contribution is 6.09. The van der Waals surface area contributed by atoms with Gasteiger partial charge in [0.15, 0.2) is 0 Å². The molecule has 0 saturated carbocycles. The first-order valence-electron chi connectivity index (χ1n) is 23.9. The number of hydrogen-bond donors (Lipinski definition) is 0. The Kier molecular flexibility index (Phi) is 11.4. The lowest BCUT2D eigenvalue weighted by Gasteiger charge is -2.30. The number of aromatic nitrogens is 2. The number of ether oxygens (including phenoxy) is 1. The van der Waals surface area contributed by atoms with Crippen molar-refractivity contribution in [2.45, 2.75) is 52.4 Å². The van der Waals surface area contributed by atoms with Gasteiger partial charge >= 0.3 is 0 Å². The summed E-state index contributed by atoms with van der Waals surface area (Å²) in [5, 5.41) is 2.08. The van der Waals surface area contributed by atoms with Gasteiger partial charge in [-0.15, -0.1) is 0 Å². The fourth-order valence-electron chi connectivity index (χ4n) is 9.96. The van der Waals surface area contributed by atoms with E-state index in [1.807, 2.05) is 129 Å². The van der Waals surface area contributed by atoms with Crippen molar-refractivity contribution in [1.29, 1.82) is 0 Å². The molecule has 5 nitrogen and oxygen atoms in total. The van der Waals surface area contributed by atoms with E-state index in [0.717, 1.165) is 44.3 Å². The fraction of sp³-hybridized carbons (Fsp3) is 0.145. The van der Waals surface area contributed by atoms with Gasteiger partial charge in [0.05, 0.1) is 39.2 Å². The molecule has 0 N–H and O–H groups in total. The third kappa shape index (κ3) is 8.52. The normalized spacial score (nSPS) is 12.8. The van der Waals surface area contributed by atoms with E-state index < -0.39 is 51.4 Å². The monoisotopic (exact) mass is 978 g/mol. The highest BCUT2D eigenvalue weighted by Gasteiger charge is 2.36. The van der Waals surface area contributed by atoms with Crippen LogP contribution in [0.5, 0.6) is 11.5 Å². The van der Waals surface area contributed by atoms with E-state index in [-0.39, 0.29) is 28.9 Å². The summed E-state index contributed by atoms with van der Waals surface area (Å²) in [6.45, 7) is 12.0. The third-order valence-electron chi connectivity index (χ3n) is 13.6. The average molecular weight is 979 g/mol. The zero-order valence-electron chi connectivity index (χ0n) is 40.8. The molecule has 8 aromatic carbocycles. The number of nitrogens with zero attached hydrogens (tertiary/aromatic N) is 4. The Morgan fingerprint density at radius 1 is 0.466 bits per heavy atom. The van der Waals surface area contributed by atoms with Crippen molar-refractivity contribution in [3.05, 3.63) is 216 Å². The summed E-state index contributed by atoms with van der Waals surface area (Å²) >= 11 is 0. The van der Waals surface area contributed by atoms with Gasteiger partial charge in [0, 0.05) is 70.2 Å². The molecule has 364 valence electrons. The Balaban J connectivity index is 1.09. The molecule has 1 aliphatic rings. The van der Waals surface area contributed by atoms with Gasteiger partial charge in [-0.2, -0.15) is 0 Å². The minimum Gasteiger partial charge on any atom is -0.457 e. The first kappa shape index (κ1) is 47.0. The molecule has 0 unspecified atom stereocenters. The zero-order valence-corrected chi connectivity index (χ0v) is 40.8. The summed E-state index contributed by atoms with van der Waals surface area (Å²) in [5.74, 6) is -5.32. The van der Waals surface area contributed by atoms with Crippen LogP contribution in [0.25, 0.3) is 61.0 Å². The second-order valence-corrected chi connectivity index (χ2v) is 20.5. The molecule has 10 aromatic rings. The molecule has 11 heteroatoms. The summed E-state index contributed by atoms with van der Waals surface area (Å²) in [5.41, 5.74) is 4.80. The predicted octanol–water partition coefficient (Wildman–Crippen LogP) is 17.6. The van der Waals surface area contributed by atoms with Crippen LogP contribution in [0.3, 0.4) is 0 Å². The van der Waals surface area contributed by atoms with E-state index in [9.17, 15) is 8.78 Å². The highest BCUT2D eigenvalue weighted by atomic mass is 19.2. The van der Waals surface area contributed by atoms with Gasteiger partial charge in [-0.3, -0.25) is 4.57 Å². The van der Waals surface area contributed by atoms with E-state index in [2.05, 4.69) is 43.5 Å². The Morgan fingerprint density at radius 3 is 1.64 bits per heavy atom. The first-order valence-corrected chi connectivity index (χ1v) is 23.9. The lowest BCUT2D eigenvalue weighted by molar-refractivity contribution is 0.483. The van der Waals surface area contributed by atoms with Crippen molar-refractivity contribution in [1.82, 2.24) is 9.55 Å². The van der Waals surface area contributed by atoms with E-state index >= 15 is 17.6 Å². The second kappa shape index (κ2) is 17.8. The van der Waals surface area contributed by atoms with Crippen molar-refractivity contribution >= 4 is 44.6 Å². The topological polar surface area (TPSA) is 33.5 Å². The van der Waals surface area contributed by atoms with Crippen molar-refractivity contribution in [2.75, 3.05) is 16.5 Å². The van der Waals surface area contributed by atoms with Crippen molar-refractivity contribution in [2.24, 2.45) is 0 Å². The number of anilines is 4. The summed E-state index contributed by atoms with van der Waals surface area (Å²) in [6.07, 6.45) is 1.84. The first-order chi connectivity index (χ1) is 34.9. The van der Waals surface area contributed by atoms with E-state index in [0.29, 0.717) is 58.4 Å². The molecule has 0 spiro atoms. The lowest BCUT2D eigenvalue weighted by Crippen LogP contribution is -2.25. The molecule has 11 rings (SSSR count). The van der Waals surface area contributed by atoms with Crippen LogP contribution in [-0.2, 0) is 10.8 Å². The minimum atomic E-state index is -1.22. The molecule has 0 fully saturated rings. The van der Waals surface area contributed by atoms with Crippen LogP contribution >= 0.6 is 0 Å². The molecule has 0 bridgehead atoms. The average Bonchev–Trinajstić information content (AvgIpc) is 3.89. The Hall–Kier alpha value is -8.31. The fourth-order valence-corrected chi connectivity index (χ4v) is 9.96. The minimum absolute atomic E-state index is 0.0127. The maximum atomic E-state index is 16.3. The number of hydrogen-bond acceptors (Lipinski definition) is 4. The molecular formula is C62H48F6N4O. The summed E-state index contributed by atoms with van der Waals surface area (Å²) < 4.78 is 103. The molecule has 73 heavy (non-hydrogen) atoms. The summed E-state index contributed by atoms with van der Waals surface area (Å²) in [7, 11) is 0. The lowest BCUT2D eigenvalue weighted by atomic mass is 9.81. The van der Waals surface area contributed by atoms with Crippen LogP contribution in [0.4, 0.5) is 49.1 Å². The van der Waals surface area contributed by atoms with Gasteiger partial charge in [-0.25, -0.2) is 31.3 Å². The number of benzene rings is 8. The van der Waals surface area contributed by atoms with Crippen LogP contribution in [0.1, 0.15) is 52.7 Å². The van der Waals surface area contributed by atoms with Crippen LogP contribution in [0.2, 0.25) is 0 Å². The van der Waals surface area contributed by atoms with Gasteiger partial charge < -0.3 is 14.5 Å². The van der Waals surface area contributed by atoms with E-state index in [4.69, 9.17) is 9.72 Å². The number of para-hydroxylation sites is 3. The van der Waals surface area contributed by atoms with Crippen molar-refractivity contribution in [3.63, 3.8) is 0 Å². The molecule has 0 atom stereocenters. The standard InChI is InChI=1S/C62H48F6N4O/c1-61(2,3)38-22-23-69-57(28-38)72-53-17-11-10-16-45(53)46-21-20-43(34-56(46)72)73-44-25-37(36-14-8-7-9-15-36)24-42(33-44)70-35-71(55-19-13-12-18-54(55)70)60-47(58-49(65)29-40(63)30-50(58)66)26-39(62(4,5)6)27-48(60)59-51(67)31-41(64)32-52(59)68/h7-34H,35H2,1-6H3. The van der Waals surface area contributed by atoms with Gasteiger partial charge in [0.1, 0.15) is 58.9 Å². The molecule has 0 saturated heterocycles. The van der Waals surface area contributed by atoms with E-state index in [1.165, 1.54) is 0 Å². The van der Waals surface area contributed by atoms with Crippen LogP contribution < -0.4 is 14.5 Å². The zero-order chi connectivity index (χ0) is 51.1. The molecule has 0 amide bonds. The SMILES string of the molecule is CC(C)(C)c1ccnc(-n2c3ccccc3c3ccc(Oc4cc(-c5ccccc5)cc(N5CN(c6c(-c7c(F)cc(F)cc7F)cc(C(C)(C)C)cc6-c6c(F)cc(F)cc6F)c6ccccc65)c4)cc32)c1. The van der Waals surface area contributed by atoms with Gasteiger partial charge in [0.25, 0.3) is 0 Å². The number of rotatable bonds is 8. The second-order valence-electron chi connectivity index (χ2n) is 20.5. The van der Waals surface area contributed by atoms with Gasteiger partial charge in [-0.05, 0) is 99.8 Å². The smallest absolute Gasteiger partial charge is 0.137 e. The molecule has 0 aliphatic carbocycles. The quantitative estimate of drug-likeness (QED) is 0.142. The molecular weight excluding hydrogens is 931 g/mol. The van der Waals surface area contributed by atoms with E-state index in [1.54, 1.807) is 29.2 Å². The molecule has 3 heterocycles. The van der Waals surface area contributed by atoms with Crippen LogP contribution in [0.15, 0.2) is 170 Å². The molecule has 1 aliphatic heterocycles. The summed E-state index contributed by atoms with van der Waals surface area (Å²) in [6, 6.07) is 46.7. The molecule has 2 aromatic heterocycles. The van der Waals surface area contributed by atoms with Gasteiger partial charge in [0.2, 0.25) is 0 Å². The maximum Gasteiger partial charge on any atom is 0.137 e. The van der Waals surface area contributed by atoms with Crippen LogP contribution in [-0.4, -0.2) is 16.2 Å². The third-order valence-corrected chi connectivity index (χ3v) is 13.6. The summed E-state index contributed by atoms with van der Waals surface area (Å²) in [4.78, 5) is 8.55. The molecule has 0 radical (unpaired) electrons. The predicted molar refractivity (Wildman–Crippen MR) is 281 cm³/mol. The number of halogens is 6. The van der Waals surface area contributed by atoms with Crippen LogP contribution in [0, 0.1) is 34.9 Å². The van der Waals surface area contributed by atoms with Gasteiger partial charge in [-0.1, -0.05) is 102 Å². The highest BCUT2D eigenvalue weighted by Crippen LogP contribution is 2.53. The number of pyridine rings is 1. The Bertz CT molecular complexity index is 3690. The Morgan fingerprint density at radius 2 is 1.03 bits per heavy atom. The maximum absolute atomic E-state index is 16.3. The Labute approximate surface area is 419 Å². The number of fused-ring (bicyclic) bond motifs is 4.